The van der Waals surface area contributed by atoms with Crippen molar-refractivity contribution in [3.05, 3.63) is 105 Å². The number of aromatic carboxylic acids is 1. The molecule has 35 heavy (non-hydrogen) atoms. The van der Waals surface area contributed by atoms with E-state index in [2.05, 4.69) is 10.6 Å². The molecule has 1 atom stereocenters. The van der Waals surface area contributed by atoms with E-state index in [9.17, 15) is 14.7 Å². The van der Waals surface area contributed by atoms with Gasteiger partial charge in [0.05, 0.1) is 22.7 Å². The molecular weight excluding hydrogens is 442 g/mol. The molecule has 1 aliphatic rings. The van der Waals surface area contributed by atoms with Crippen LogP contribution in [0.5, 0.6) is 0 Å². The number of carboxylic acid groups (broad SMARTS) is 1. The summed E-state index contributed by atoms with van der Waals surface area (Å²) >= 11 is 0. The van der Waals surface area contributed by atoms with E-state index in [0.29, 0.717) is 33.7 Å². The van der Waals surface area contributed by atoms with Gasteiger partial charge in [0.25, 0.3) is 0 Å². The molecule has 0 bridgehead atoms. The maximum absolute atomic E-state index is 13.2. The first-order valence-corrected chi connectivity index (χ1v) is 11.2. The minimum absolute atomic E-state index is 0.165. The van der Waals surface area contributed by atoms with Gasteiger partial charge < -0.3 is 25.6 Å². The maximum atomic E-state index is 13.2. The van der Waals surface area contributed by atoms with E-state index in [1.54, 1.807) is 49.7 Å². The highest BCUT2D eigenvalue weighted by molar-refractivity contribution is 6.14. The van der Waals surface area contributed by atoms with Gasteiger partial charge >= 0.3 is 5.97 Å². The Labute approximate surface area is 203 Å². The zero-order valence-corrected chi connectivity index (χ0v) is 20.0. The molecule has 1 aromatic heterocycles. The fraction of sp³-hybridized carbons (Fsp3) is 0.179. The number of anilines is 1. The molecule has 0 fully saturated rings. The van der Waals surface area contributed by atoms with E-state index >= 15 is 0 Å². The third-order valence-electron chi connectivity index (χ3n) is 5.96. The standard InChI is InChI=1S/C28H27N3O4/c1-15-9-21(17(3)31-24-8-6-5-7-19(24)28(33)34)27-22(10-15)25(32)13-26(35-27)20-12-18(14-30-4)23(29)11-16(20)2/h5-14,17,29-31H,1-4H3,(H,33,34)/b18-14-,29-23?. The first kappa shape index (κ1) is 23.8. The van der Waals surface area contributed by atoms with Gasteiger partial charge in [0.15, 0.2) is 5.43 Å². The summed E-state index contributed by atoms with van der Waals surface area (Å²) in [6.45, 7) is 5.69. The Bertz CT molecular complexity index is 1510. The number of rotatable bonds is 6. The Morgan fingerprint density at radius 1 is 1.14 bits per heavy atom. The second kappa shape index (κ2) is 9.46. The van der Waals surface area contributed by atoms with Crippen LogP contribution in [-0.4, -0.2) is 23.8 Å². The van der Waals surface area contributed by atoms with E-state index < -0.39 is 5.97 Å². The summed E-state index contributed by atoms with van der Waals surface area (Å²) in [6.07, 6.45) is 5.30. The number of aryl methyl sites for hydroxylation is 1. The van der Waals surface area contributed by atoms with Crippen LogP contribution in [0.1, 0.15) is 47.1 Å². The molecule has 0 saturated carbocycles. The summed E-state index contributed by atoms with van der Waals surface area (Å²) in [5, 5.41) is 24.4. The smallest absolute Gasteiger partial charge is 0.337 e. The number of carbonyl (C=O) groups is 1. The SMILES string of the molecule is CN/C=C1/C=C(c2cc(=O)c3cc(C)cc(C(C)Nc4ccccc4C(=O)O)c3o2)C(C)=CC1=N. The fourth-order valence-electron chi connectivity index (χ4n) is 4.26. The van der Waals surface area contributed by atoms with Gasteiger partial charge in [-0.2, -0.15) is 0 Å². The van der Waals surface area contributed by atoms with Gasteiger partial charge in [-0.05, 0) is 62.3 Å². The Morgan fingerprint density at radius 2 is 1.89 bits per heavy atom. The monoisotopic (exact) mass is 469 g/mol. The minimum atomic E-state index is -1.02. The largest absolute Gasteiger partial charge is 0.478 e. The van der Waals surface area contributed by atoms with E-state index in [4.69, 9.17) is 9.83 Å². The third-order valence-corrected chi connectivity index (χ3v) is 5.96. The number of fused-ring (bicyclic) bond motifs is 1. The summed E-state index contributed by atoms with van der Waals surface area (Å²) in [4.78, 5) is 24.8. The Morgan fingerprint density at radius 3 is 2.60 bits per heavy atom. The van der Waals surface area contributed by atoms with Crippen molar-refractivity contribution in [2.75, 3.05) is 12.4 Å². The lowest BCUT2D eigenvalue weighted by molar-refractivity contribution is 0.0698. The van der Waals surface area contributed by atoms with Crippen LogP contribution in [0.25, 0.3) is 16.5 Å². The molecule has 1 unspecified atom stereocenters. The first-order valence-electron chi connectivity index (χ1n) is 11.2. The van der Waals surface area contributed by atoms with Crippen LogP contribution in [0.4, 0.5) is 5.69 Å². The topological polar surface area (TPSA) is 115 Å². The van der Waals surface area contributed by atoms with Crippen LogP contribution in [0.3, 0.4) is 0 Å². The van der Waals surface area contributed by atoms with E-state index in [0.717, 1.165) is 22.3 Å². The van der Waals surface area contributed by atoms with Crippen molar-refractivity contribution >= 4 is 33.9 Å². The molecule has 0 spiro atoms. The molecule has 4 N–H and O–H groups in total. The molecular formula is C28H27N3O4. The minimum Gasteiger partial charge on any atom is -0.478 e. The quantitative estimate of drug-likeness (QED) is 0.382. The van der Waals surface area contributed by atoms with Crippen LogP contribution in [0.2, 0.25) is 0 Å². The zero-order valence-electron chi connectivity index (χ0n) is 20.0. The van der Waals surface area contributed by atoms with E-state index in [1.807, 2.05) is 32.9 Å². The summed E-state index contributed by atoms with van der Waals surface area (Å²) in [7, 11) is 1.76. The van der Waals surface area contributed by atoms with Gasteiger partial charge in [0, 0.05) is 41.7 Å². The van der Waals surface area contributed by atoms with Gasteiger partial charge in [-0.3, -0.25) is 4.79 Å². The summed E-state index contributed by atoms with van der Waals surface area (Å²) in [5.74, 6) is -0.611. The van der Waals surface area contributed by atoms with Crippen molar-refractivity contribution in [3.8, 4) is 0 Å². The van der Waals surface area contributed by atoms with Crippen LogP contribution < -0.4 is 16.1 Å². The molecule has 0 radical (unpaired) electrons. The number of hydrogen-bond acceptors (Lipinski definition) is 6. The van der Waals surface area contributed by atoms with Gasteiger partial charge in [-0.1, -0.05) is 18.2 Å². The lowest BCUT2D eigenvalue weighted by Crippen LogP contribution is -2.13. The molecule has 1 aliphatic carbocycles. The average Bonchev–Trinajstić information content (AvgIpc) is 2.81. The Hall–Kier alpha value is -4.39. The highest BCUT2D eigenvalue weighted by Gasteiger charge is 2.21. The number of nitrogens with one attached hydrogen (secondary N) is 3. The molecule has 4 rings (SSSR count). The van der Waals surface area contributed by atoms with Crippen LogP contribution in [-0.2, 0) is 0 Å². The number of allylic oxidation sites excluding steroid dienone is 5. The van der Waals surface area contributed by atoms with Gasteiger partial charge in [0.1, 0.15) is 11.3 Å². The van der Waals surface area contributed by atoms with Crippen molar-refractivity contribution in [1.82, 2.24) is 5.32 Å². The highest BCUT2D eigenvalue weighted by atomic mass is 16.4. The third kappa shape index (κ3) is 4.66. The van der Waals surface area contributed by atoms with Crippen LogP contribution in [0.15, 0.2) is 81.2 Å². The summed E-state index contributed by atoms with van der Waals surface area (Å²) in [6, 6.07) is 11.6. The molecule has 1 heterocycles. The van der Waals surface area contributed by atoms with Crippen molar-refractivity contribution < 1.29 is 14.3 Å². The molecule has 0 amide bonds. The van der Waals surface area contributed by atoms with Crippen molar-refractivity contribution in [2.24, 2.45) is 0 Å². The number of carboxylic acids is 1. The summed E-state index contributed by atoms with van der Waals surface area (Å²) < 4.78 is 6.35. The molecule has 7 nitrogen and oxygen atoms in total. The predicted octanol–water partition coefficient (Wildman–Crippen LogP) is 5.44. The summed E-state index contributed by atoms with van der Waals surface area (Å²) in [5.41, 5.74) is 5.16. The van der Waals surface area contributed by atoms with Crippen molar-refractivity contribution in [2.45, 2.75) is 26.8 Å². The maximum Gasteiger partial charge on any atom is 0.337 e. The molecule has 0 saturated heterocycles. The number of benzene rings is 2. The Balaban J connectivity index is 1.86. The van der Waals surface area contributed by atoms with Gasteiger partial charge in [0.2, 0.25) is 0 Å². The number of hydrogen-bond donors (Lipinski definition) is 4. The fourth-order valence-corrected chi connectivity index (χ4v) is 4.26. The molecule has 7 heteroatoms. The van der Waals surface area contributed by atoms with Crippen LogP contribution in [0, 0.1) is 12.3 Å². The first-order chi connectivity index (χ1) is 16.7. The predicted molar refractivity (Wildman–Crippen MR) is 139 cm³/mol. The second-order valence-electron chi connectivity index (χ2n) is 8.61. The molecule has 3 aromatic rings. The lowest BCUT2D eigenvalue weighted by atomic mass is 9.92. The van der Waals surface area contributed by atoms with Gasteiger partial charge in [-0.15, -0.1) is 0 Å². The molecule has 178 valence electrons. The van der Waals surface area contributed by atoms with Crippen molar-refractivity contribution in [3.63, 3.8) is 0 Å². The van der Waals surface area contributed by atoms with Crippen molar-refractivity contribution in [1.29, 1.82) is 5.41 Å². The van der Waals surface area contributed by atoms with Crippen LogP contribution >= 0.6 is 0 Å². The van der Waals surface area contributed by atoms with Gasteiger partial charge in [-0.25, -0.2) is 4.79 Å². The second-order valence-corrected chi connectivity index (χ2v) is 8.61. The normalized spacial score (nSPS) is 15.5. The number of para-hydroxylation sites is 1. The lowest BCUT2D eigenvalue weighted by Gasteiger charge is -2.20. The average molecular weight is 470 g/mol. The highest BCUT2D eigenvalue weighted by Crippen LogP contribution is 2.33. The Kier molecular flexibility index (Phi) is 6.42. The molecule has 2 aromatic carbocycles. The zero-order chi connectivity index (χ0) is 25.3. The van der Waals surface area contributed by atoms with E-state index in [1.165, 1.54) is 6.07 Å². The van der Waals surface area contributed by atoms with E-state index in [-0.39, 0.29) is 17.0 Å². The molecule has 0 aliphatic heterocycles.